The van der Waals surface area contributed by atoms with Crippen LogP contribution in [0, 0.1) is 0 Å². The molecule has 0 bridgehead atoms. The van der Waals surface area contributed by atoms with Crippen molar-refractivity contribution in [3.05, 3.63) is 12.7 Å². The number of rotatable bonds is 2. The minimum Gasteiger partial charge on any atom is -0.387 e. The average Bonchev–Trinajstić information content (AvgIpc) is 2.94. The van der Waals surface area contributed by atoms with E-state index >= 15 is 0 Å². The number of nitrogens with two attached hydrogens (primary N) is 2. The van der Waals surface area contributed by atoms with Crippen LogP contribution in [-0.4, -0.2) is 49.5 Å². The predicted molar refractivity (Wildman–Crippen MR) is 63.6 cm³/mol. The van der Waals surface area contributed by atoms with Crippen LogP contribution in [0.2, 0.25) is 0 Å². The molecule has 102 valence electrons. The van der Waals surface area contributed by atoms with Gasteiger partial charge in [-0.3, -0.25) is 4.57 Å². The second-order valence-electron chi connectivity index (χ2n) is 4.32. The highest BCUT2D eigenvalue weighted by Crippen LogP contribution is 2.33. The molecule has 2 aromatic heterocycles. The van der Waals surface area contributed by atoms with Crippen LogP contribution < -0.4 is 11.5 Å². The van der Waals surface area contributed by atoms with Gasteiger partial charge >= 0.3 is 0 Å². The molecule has 3 rings (SSSR count). The number of halogens is 1. The highest BCUT2D eigenvalue weighted by Gasteiger charge is 2.45. The summed E-state index contributed by atoms with van der Waals surface area (Å²) in [4.78, 5) is 11.8. The Balaban J connectivity index is 2.04. The van der Waals surface area contributed by atoms with Crippen LogP contribution in [-0.2, 0) is 4.74 Å². The number of fused-ring (bicyclic) bond motifs is 1. The Morgan fingerprint density at radius 3 is 2.89 bits per heavy atom. The summed E-state index contributed by atoms with van der Waals surface area (Å²) in [6.07, 6.45) is -2.04. The highest BCUT2D eigenvalue weighted by molar-refractivity contribution is 5.81. The second kappa shape index (κ2) is 4.37. The van der Waals surface area contributed by atoms with Crippen molar-refractivity contribution >= 4 is 17.0 Å². The largest absolute Gasteiger partial charge is 0.387 e. The summed E-state index contributed by atoms with van der Waals surface area (Å²) in [5, 5.41) is 9.68. The number of alkyl halides is 1. The predicted octanol–water partition coefficient (Wildman–Crippen LogP) is -1.04. The van der Waals surface area contributed by atoms with Crippen molar-refractivity contribution in [2.45, 2.75) is 24.6 Å². The van der Waals surface area contributed by atoms with E-state index in [1.54, 1.807) is 0 Å². The Morgan fingerprint density at radius 2 is 2.21 bits per heavy atom. The van der Waals surface area contributed by atoms with Crippen molar-refractivity contribution in [1.29, 1.82) is 0 Å². The first-order valence-corrected chi connectivity index (χ1v) is 5.74. The fourth-order valence-corrected chi connectivity index (χ4v) is 2.18. The van der Waals surface area contributed by atoms with Crippen molar-refractivity contribution in [1.82, 2.24) is 19.5 Å². The van der Waals surface area contributed by atoms with Gasteiger partial charge in [-0.05, 0) is 0 Å². The fourth-order valence-electron chi connectivity index (χ4n) is 2.18. The lowest BCUT2D eigenvalue weighted by atomic mass is 10.1. The Kier molecular flexibility index (Phi) is 2.81. The van der Waals surface area contributed by atoms with E-state index in [9.17, 15) is 9.50 Å². The standard InChI is InChI=1S/C10H13FN6O2/c11-5-7(18)4(1-12)19-10(5)17-3-16-6-8(13)14-2-15-9(6)17/h2-5,7,10,18H,1,12H2,(H2,13,14,15)/t4-,5-,7-,10-/m1/s1. The molecule has 5 N–H and O–H groups in total. The van der Waals surface area contributed by atoms with Gasteiger partial charge in [-0.1, -0.05) is 0 Å². The molecule has 1 saturated heterocycles. The molecule has 0 radical (unpaired) electrons. The van der Waals surface area contributed by atoms with Gasteiger partial charge in [-0.25, -0.2) is 19.3 Å². The van der Waals surface area contributed by atoms with Gasteiger partial charge in [0.2, 0.25) is 0 Å². The topological polar surface area (TPSA) is 125 Å². The van der Waals surface area contributed by atoms with Crippen molar-refractivity contribution in [3.8, 4) is 0 Å². The maximum Gasteiger partial charge on any atom is 0.173 e. The van der Waals surface area contributed by atoms with E-state index in [0.29, 0.717) is 11.2 Å². The monoisotopic (exact) mass is 268 g/mol. The average molecular weight is 268 g/mol. The third-order valence-electron chi connectivity index (χ3n) is 3.19. The zero-order valence-corrected chi connectivity index (χ0v) is 9.85. The Morgan fingerprint density at radius 1 is 1.42 bits per heavy atom. The molecule has 0 spiro atoms. The van der Waals surface area contributed by atoms with Crippen LogP contribution in [0.25, 0.3) is 11.2 Å². The van der Waals surface area contributed by atoms with Gasteiger partial charge in [0, 0.05) is 6.54 Å². The third-order valence-corrected chi connectivity index (χ3v) is 3.19. The number of nitrogen functional groups attached to an aromatic ring is 1. The number of anilines is 1. The molecule has 2 aromatic rings. The third kappa shape index (κ3) is 1.74. The summed E-state index contributed by atoms with van der Waals surface area (Å²) in [5.74, 6) is 0.202. The summed E-state index contributed by atoms with van der Waals surface area (Å²) < 4.78 is 20.8. The lowest BCUT2D eigenvalue weighted by molar-refractivity contribution is -0.0180. The molecule has 1 aliphatic heterocycles. The van der Waals surface area contributed by atoms with Gasteiger partial charge in [0.15, 0.2) is 23.9 Å². The number of ether oxygens (including phenoxy) is 1. The molecular formula is C10H13FN6O2. The molecule has 1 fully saturated rings. The maximum absolute atomic E-state index is 14.1. The lowest BCUT2D eigenvalue weighted by Gasteiger charge is -2.14. The van der Waals surface area contributed by atoms with Gasteiger partial charge in [0.05, 0.1) is 6.33 Å². The molecule has 4 atom stereocenters. The Labute approximate surface area is 107 Å². The zero-order valence-electron chi connectivity index (χ0n) is 9.85. The molecule has 3 heterocycles. The van der Waals surface area contributed by atoms with Crippen LogP contribution in [0.4, 0.5) is 10.2 Å². The quantitative estimate of drug-likeness (QED) is 0.635. The first-order valence-electron chi connectivity index (χ1n) is 5.74. The van der Waals surface area contributed by atoms with E-state index in [-0.39, 0.29) is 12.4 Å². The van der Waals surface area contributed by atoms with Crippen molar-refractivity contribution in [2.24, 2.45) is 5.73 Å². The number of imidazole rings is 1. The molecule has 0 unspecified atom stereocenters. The Bertz CT molecular complexity index is 605. The first kappa shape index (κ1) is 12.2. The van der Waals surface area contributed by atoms with Crippen LogP contribution in [0.15, 0.2) is 12.7 Å². The lowest BCUT2D eigenvalue weighted by Crippen LogP contribution is -2.33. The fraction of sp³-hybridized carbons (Fsp3) is 0.500. The number of aromatic nitrogens is 4. The van der Waals surface area contributed by atoms with E-state index in [4.69, 9.17) is 16.2 Å². The number of hydrogen-bond donors (Lipinski definition) is 3. The Hall–Kier alpha value is -1.84. The number of hydrogen-bond acceptors (Lipinski definition) is 7. The summed E-state index contributed by atoms with van der Waals surface area (Å²) >= 11 is 0. The van der Waals surface area contributed by atoms with E-state index in [0.717, 1.165) is 0 Å². The molecule has 0 saturated carbocycles. The molecule has 8 nitrogen and oxygen atoms in total. The SMILES string of the molecule is NC[C@H]1O[C@@H](n2cnc3c(N)ncnc32)[C@H](F)[C@@H]1O. The zero-order chi connectivity index (χ0) is 13.6. The van der Waals surface area contributed by atoms with Crippen molar-refractivity contribution < 1.29 is 14.2 Å². The first-order chi connectivity index (χ1) is 9.13. The highest BCUT2D eigenvalue weighted by atomic mass is 19.1. The second-order valence-corrected chi connectivity index (χ2v) is 4.32. The van der Waals surface area contributed by atoms with E-state index in [1.165, 1.54) is 17.2 Å². The molecule has 9 heteroatoms. The van der Waals surface area contributed by atoms with Crippen LogP contribution in [0.3, 0.4) is 0 Å². The van der Waals surface area contributed by atoms with Gasteiger partial charge in [-0.15, -0.1) is 0 Å². The number of aliphatic hydroxyl groups excluding tert-OH is 1. The normalized spacial score (nSPS) is 31.1. The number of nitrogens with zero attached hydrogens (tertiary/aromatic N) is 4. The molecule has 0 amide bonds. The van der Waals surface area contributed by atoms with Gasteiger partial charge in [0.25, 0.3) is 0 Å². The maximum atomic E-state index is 14.1. The number of aliphatic hydroxyl groups is 1. The molecule has 19 heavy (non-hydrogen) atoms. The van der Waals surface area contributed by atoms with E-state index in [1.807, 2.05) is 0 Å². The van der Waals surface area contributed by atoms with Crippen molar-refractivity contribution in [2.75, 3.05) is 12.3 Å². The van der Waals surface area contributed by atoms with Gasteiger partial charge in [-0.2, -0.15) is 0 Å². The van der Waals surface area contributed by atoms with Crippen molar-refractivity contribution in [3.63, 3.8) is 0 Å². The minimum atomic E-state index is -1.61. The minimum absolute atomic E-state index is 0.0296. The summed E-state index contributed by atoms with van der Waals surface area (Å²) in [5.41, 5.74) is 11.8. The summed E-state index contributed by atoms with van der Waals surface area (Å²) in [6, 6.07) is 0. The van der Waals surface area contributed by atoms with Crippen LogP contribution in [0.1, 0.15) is 6.23 Å². The molecule has 0 aromatic carbocycles. The molecular weight excluding hydrogens is 255 g/mol. The van der Waals surface area contributed by atoms with Crippen LogP contribution >= 0.6 is 0 Å². The van der Waals surface area contributed by atoms with Crippen LogP contribution in [0.5, 0.6) is 0 Å². The van der Waals surface area contributed by atoms with E-state index < -0.39 is 24.6 Å². The van der Waals surface area contributed by atoms with E-state index in [2.05, 4.69) is 15.0 Å². The summed E-state index contributed by atoms with van der Waals surface area (Å²) in [7, 11) is 0. The van der Waals surface area contributed by atoms with Gasteiger partial charge in [0.1, 0.15) is 24.1 Å². The molecule has 0 aliphatic carbocycles. The smallest absolute Gasteiger partial charge is 0.173 e. The molecule has 1 aliphatic rings. The summed E-state index contributed by atoms with van der Waals surface area (Å²) in [6.45, 7) is 0.0296. The van der Waals surface area contributed by atoms with Gasteiger partial charge < -0.3 is 21.3 Å².